The number of halogens is 2. The molecule has 1 saturated heterocycles. The van der Waals surface area contributed by atoms with Crippen molar-refractivity contribution in [2.45, 2.75) is 6.42 Å². The number of carbonyl (C=O) groups is 1. The van der Waals surface area contributed by atoms with Crippen molar-refractivity contribution in [1.29, 1.82) is 0 Å². The van der Waals surface area contributed by atoms with Crippen molar-refractivity contribution >= 4 is 30.8 Å². The van der Waals surface area contributed by atoms with E-state index in [0.29, 0.717) is 6.54 Å². The van der Waals surface area contributed by atoms with Crippen LogP contribution in [-0.2, 0) is 4.79 Å². The Bertz CT molecular complexity index is 188. The summed E-state index contributed by atoms with van der Waals surface area (Å²) in [5.41, 5.74) is 0. The molecule has 2 N–H and O–H groups in total. The largest absolute Gasteiger partial charge is 0.481 e. The maximum absolute atomic E-state index is 10.3. The van der Waals surface area contributed by atoms with E-state index in [1.165, 1.54) is 0 Å². The molecule has 0 unspecified atom stereocenters. The van der Waals surface area contributed by atoms with Crippen molar-refractivity contribution in [3.63, 3.8) is 0 Å². The second kappa shape index (κ2) is 10.1. The molecule has 0 radical (unpaired) electrons. The SMILES string of the molecule is Cl.Cl.O=C(O)CCN1CCN(CCO)CC1. The third-order valence-corrected chi connectivity index (χ3v) is 2.52. The van der Waals surface area contributed by atoms with E-state index in [9.17, 15) is 4.79 Å². The molecule has 1 rings (SSSR count). The Morgan fingerprint density at radius 2 is 1.44 bits per heavy atom. The summed E-state index contributed by atoms with van der Waals surface area (Å²) in [6, 6.07) is 0. The Hall–Kier alpha value is -0.0700. The summed E-state index contributed by atoms with van der Waals surface area (Å²) in [5.74, 6) is -0.734. The zero-order valence-electron chi connectivity index (χ0n) is 9.17. The summed E-state index contributed by atoms with van der Waals surface area (Å²) < 4.78 is 0. The van der Waals surface area contributed by atoms with E-state index in [-0.39, 0.29) is 37.8 Å². The lowest BCUT2D eigenvalue weighted by molar-refractivity contribution is -0.137. The standard InChI is InChI=1S/C9H18N2O3.2ClH/c12-8-7-11-5-3-10(4-6-11)2-1-9(13)14;;/h12H,1-8H2,(H,13,14);2*1H. The summed E-state index contributed by atoms with van der Waals surface area (Å²) in [6.45, 7) is 5.26. The molecule has 0 aliphatic carbocycles. The molecule has 0 aromatic rings. The van der Waals surface area contributed by atoms with Gasteiger partial charge in [0.05, 0.1) is 13.0 Å². The molecule has 7 heteroatoms. The number of β-amino-alcohol motifs (C(OH)–C–C–N with tert-alkyl or cyclic N) is 1. The zero-order valence-corrected chi connectivity index (χ0v) is 10.8. The lowest BCUT2D eigenvalue weighted by Crippen LogP contribution is -2.47. The van der Waals surface area contributed by atoms with E-state index in [2.05, 4.69) is 9.80 Å². The Balaban J connectivity index is 0. The molecule has 1 heterocycles. The molecule has 0 spiro atoms. The molecule has 5 nitrogen and oxygen atoms in total. The van der Waals surface area contributed by atoms with Gasteiger partial charge in [0.1, 0.15) is 0 Å². The fourth-order valence-electron chi connectivity index (χ4n) is 1.63. The van der Waals surface area contributed by atoms with Crippen LogP contribution in [0.3, 0.4) is 0 Å². The number of aliphatic hydroxyl groups is 1. The van der Waals surface area contributed by atoms with Crippen LogP contribution < -0.4 is 0 Å². The number of carboxylic acid groups (broad SMARTS) is 1. The van der Waals surface area contributed by atoms with Gasteiger partial charge in [-0.1, -0.05) is 0 Å². The molecule has 98 valence electrons. The second-order valence-electron chi connectivity index (χ2n) is 3.55. The Morgan fingerprint density at radius 1 is 1.00 bits per heavy atom. The number of piperazine rings is 1. The van der Waals surface area contributed by atoms with Gasteiger partial charge in [0, 0.05) is 39.3 Å². The van der Waals surface area contributed by atoms with Gasteiger partial charge in [-0.3, -0.25) is 9.69 Å². The maximum atomic E-state index is 10.3. The number of hydrogen-bond donors (Lipinski definition) is 2. The number of hydrogen-bond acceptors (Lipinski definition) is 4. The first-order valence-corrected chi connectivity index (χ1v) is 4.99. The zero-order chi connectivity index (χ0) is 10.4. The monoisotopic (exact) mass is 274 g/mol. The van der Waals surface area contributed by atoms with Crippen LogP contribution in [-0.4, -0.2) is 71.9 Å². The molecule has 0 saturated carbocycles. The molecule has 0 amide bonds. The van der Waals surface area contributed by atoms with E-state index in [0.717, 1.165) is 32.7 Å². The molecule has 1 aliphatic heterocycles. The Morgan fingerprint density at radius 3 is 1.81 bits per heavy atom. The molecule has 16 heavy (non-hydrogen) atoms. The maximum Gasteiger partial charge on any atom is 0.304 e. The molecule has 1 aliphatic rings. The lowest BCUT2D eigenvalue weighted by Gasteiger charge is -2.33. The third-order valence-electron chi connectivity index (χ3n) is 2.52. The smallest absolute Gasteiger partial charge is 0.304 e. The quantitative estimate of drug-likeness (QED) is 0.734. The van der Waals surface area contributed by atoms with Gasteiger partial charge in [-0.05, 0) is 0 Å². The number of nitrogens with zero attached hydrogens (tertiary/aromatic N) is 2. The lowest BCUT2D eigenvalue weighted by atomic mass is 10.3. The van der Waals surface area contributed by atoms with E-state index in [1.807, 2.05) is 0 Å². The minimum atomic E-state index is -0.734. The van der Waals surface area contributed by atoms with E-state index in [1.54, 1.807) is 0 Å². The van der Waals surface area contributed by atoms with Crippen LogP contribution in [0.5, 0.6) is 0 Å². The number of aliphatic hydroxyl groups excluding tert-OH is 1. The third kappa shape index (κ3) is 7.24. The summed E-state index contributed by atoms with van der Waals surface area (Å²) in [7, 11) is 0. The first kappa shape index (κ1) is 18.3. The predicted octanol–water partition coefficient (Wildman–Crippen LogP) is -0.0854. The Labute approximate surface area is 108 Å². The van der Waals surface area contributed by atoms with Crippen LogP contribution in [0.2, 0.25) is 0 Å². The predicted molar refractivity (Wildman–Crippen MR) is 66.7 cm³/mol. The van der Waals surface area contributed by atoms with Crippen molar-refractivity contribution in [2.75, 3.05) is 45.9 Å². The highest BCUT2D eigenvalue weighted by atomic mass is 35.5. The van der Waals surface area contributed by atoms with Crippen LogP contribution in [0.4, 0.5) is 0 Å². The van der Waals surface area contributed by atoms with Gasteiger partial charge in [-0.2, -0.15) is 0 Å². The van der Waals surface area contributed by atoms with Gasteiger partial charge in [0.2, 0.25) is 0 Å². The topological polar surface area (TPSA) is 64.0 Å². The molecule has 0 atom stereocenters. The fourth-order valence-corrected chi connectivity index (χ4v) is 1.63. The molecular weight excluding hydrogens is 255 g/mol. The minimum Gasteiger partial charge on any atom is -0.481 e. The highest BCUT2D eigenvalue weighted by Crippen LogP contribution is 2.01. The van der Waals surface area contributed by atoms with Crippen molar-refractivity contribution in [3.05, 3.63) is 0 Å². The molecule has 1 fully saturated rings. The van der Waals surface area contributed by atoms with E-state index in [4.69, 9.17) is 10.2 Å². The average molecular weight is 275 g/mol. The van der Waals surface area contributed by atoms with E-state index < -0.39 is 5.97 Å². The Kier molecular flexibility index (Phi) is 11.6. The van der Waals surface area contributed by atoms with Crippen molar-refractivity contribution < 1.29 is 15.0 Å². The normalized spacial score (nSPS) is 17.3. The van der Waals surface area contributed by atoms with Crippen molar-refractivity contribution in [2.24, 2.45) is 0 Å². The molecule has 0 aromatic carbocycles. The van der Waals surface area contributed by atoms with Gasteiger partial charge in [0.25, 0.3) is 0 Å². The number of rotatable bonds is 5. The number of aliphatic carboxylic acids is 1. The highest BCUT2D eigenvalue weighted by Gasteiger charge is 2.16. The van der Waals surface area contributed by atoms with Crippen LogP contribution in [0, 0.1) is 0 Å². The van der Waals surface area contributed by atoms with Gasteiger partial charge < -0.3 is 15.1 Å². The van der Waals surface area contributed by atoms with Gasteiger partial charge in [0.15, 0.2) is 0 Å². The molecular formula is C9H20Cl2N2O3. The van der Waals surface area contributed by atoms with Crippen molar-refractivity contribution in [3.8, 4) is 0 Å². The first-order valence-electron chi connectivity index (χ1n) is 4.99. The molecule has 0 aromatic heterocycles. The van der Waals surface area contributed by atoms with Crippen LogP contribution in [0.25, 0.3) is 0 Å². The highest BCUT2D eigenvalue weighted by molar-refractivity contribution is 5.85. The first-order chi connectivity index (χ1) is 6.72. The summed E-state index contributed by atoms with van der Waals surface area (Å²) >= 11 is 0. The van der Waals surface area contributed by atoms with Gasteiger partial charge in [-0.25, -0.2) is 0 Å². The van der Waals surface area contributed by atoms with Crippen LogP contribution >= 0.6 is 24.8 Å². The van der Waals surface area contributed by atoms with Gasteiger partial charge >= 0.3 is 5.97 Å². The summed E-state index contributed by atoms with van der Waals surface area (Å²) in [6.07, 6.45) is 0.222. The molecule has 0 bridgehead atoms. The van der Waals surface area contributed by atoms with Crippen LogP contribution in [0.1, 0.15) is 6.42 Å². The minimum absolute atomic E-state index is 0. The number of carboxylic acids is 1. The van der Waals surface area contributed by atoms with Crippen LogP contribution in [0.15, 0.2) is 0 Å². The van der Waals surface area contributed by atoms with Gasteiger partial charge in [-0.15, -0.1) is 24.8 Å². The summed E-state index contributed by atoms with van der Waals surface area (Å²) in [4.78, 5) is 14.7. The second-order valence-corrected chi connectivity index (χ2v) is 3.55. The fraction of sp³-hybridized carbons (Fsp3) is 0.889. The van der Waals surface area contributed by atoms with E-state index >= 15 is 0 Å². The van der Waals surface area contributed by atoms with Crippen molar-refractivity contribution in [1.82, 2.24) is 9.80 Å². The average Bonchev–Trinajstić information content (AvgIpc) is 2.17. The summed E-state index contributed by atoms with van der Waals surface area (Å²) in [5, 5.41) is 17.2.